The summed E-state index contributed by atoms with van der Waals surface area (Å²) in [6.45, 7) is 0. The van der Waals surface area contributed by atoms with E-state index in [0.29, 0.717) is 5.82 Å². The number of carbonyl (C=O) groups excluding carboxylic acids is 1. The SMILES string of the molecule is CNC1=CC(=O)N=N1. The van der Waals surface area contributed by atoms with E-state index < -0.39 is 0 Å². The van der Waals surface area contributed by atoms with Gasteiger partial charge in [-0.25, -0.2) is 0 Å². The summed E-state index contributed by atoms with van der Waals surface area (Å²) in [5.74, 6) is 0.226. The molecule has 4 heteroatoms. The van der Waals surface area contributed by atoms with E-state index in [4.69, 9.17) is 0 Å². The second-order valence-electron chi connectivity index (χ2n) is 1.32. The van der Waals surface area contributed by atoms with E-state index >= 15 is 0 Å². The maximum Gasteiger partial charge on any atom is 0.292 e. The highest BCUT2D eigenvalue weighted by Gasteiger charge is 2.03. The van der Waals surface area contributed by atoms with Crippen LogP contribution in [0.5, 0.6) is 0 Å². The minimum atomic E-state index is -0.297. The largest absolute Gasteiger partial charge is 0.371 e. The van der Waals surface area contributed by atoms with Crippen molar-refractivity contribution in [3.63, 3.8) is 0 Å². The smallest absolute Gasteiger partial charge is 0.292 e. The maximum absolute atomic E-state index is 10.2. The van der Waals surface area contributed by atoms with Gasteiger partial charge in [-0.3, -0.25) is 4.79 Å². The first-order valence-electron chi connectivity index (χ1n) is 2.18. The van der Waals surface area contributed by atoms with Crippen LogP contribution in [0.3, 0.4) is 0 Å². The number of hydrogen-bond donors (Lipinski definition) is 1. The number of rotatable bonds is 1. The zero-order valence-electron chi connectivity index (χ0n) is 4.38. The molecule has 4 nitrogen and oxygen atoms in total. The minimum Gasteiger partial charge on any atom is -0.371 e. The van der Waals surface area contributed by atoms with Crippen molar-refractivity contribution >= 4 is 5.91 Å². The van der Waals surface area contributed by atoms with Gasteiger partial charge in [-0.2, -0.15) is 0 Å². The Labute approximate surface area is 46.3 Å². The standard InChI is InChI=1S/C4H5N3O/c1-5-3-2-4(8)7-6-3/h2,5H,1H3. The maximum atomic E-state index is 10.2. The first kappa shape index (κ1) is 4.96. The van der Waals surface area contributed by atoms with Gasteiger partial charge in [-0.05, 0) is 0 Å². The summed E-state index contributed by atoms with van der Waals surface area (Å²) < 4.78 is 0. The van der Waals surface area contributed by atoms with Crippen LogP contribution in [0.2, 0.25) is 0 Å². The van der Waals surface area contributed by atoms with E-state index in [1.54, 1.807) is 7.05 Å². The molecule has 0 radical (unpaired) electrons. The lowest BCUT2D eigenvalue weighted by Crippen LogP contribution is -2.00. The van der Waals surface area contributed by atoms with E-state index in [1.165, 1.54) is 6.08 Å². The normalized spacial score (nSPS) is 16.6. The molecule has 0 saturated carbocycles. The third-order valence-electron chi connectivity index (χ3n) is 0.773. The van der Waals surface area contributed by atoms with Gasteiger partial charge in [0.1, 0.15) is 0 Å². The van der Waals surface area contributed by atoms with E-state index in [9.17, 15) is 4.79 Å². The van der Waals surface area contributed by atoms with E-state index in [-0.39, 0.29) is 5.91 Å². The van der Waals surface area contributed by atoms with Gasteiger partial charge in [0.25, 0.3) is 5.91 Å². The quantitative estimate of drug-likeness (QED) is 0.519. The Morgan fingerprint density at radius 1 is 1.62 bits per heavy atom. The molecule has 0 atom stereocenters. The van der Waals surface area contributed by atoms with Crippen LogP contribution in [0.15, 0.2) is 22.1 Å². The molecule has 0 aromatic carbocycles. The molecule has 0 spiro atoms. The van der Waals surface area contributed by atoms with Crippen molar-refractivity contribution in [1.82, 2.24) is 5.32 Å². The molecular weight excluding hydrogens is 106 g/mol. The fourth-order valence-electron chi connectivity index (χ4n) is 0.400. The third-order valence-corrected chi connectivity index (χ3v) is 0.773. The fourth-order valence-corrected chi connectivity index (χ4v) is 0.400. The number of nitrogens with one attached hydrogen (secondary N) is 1. The highest BCUT2D eigenvalue weighted by atomic mass is 16.1. The van der Waals surface area contributed by atoms with E-state index in [2.05, 4.69) is 15.5 Å². The molecule has 1 heterocycles. The molecule has 0 bridgehead atoms. The summed E-state index contributed by atoms with van der Waals surface area (Å²) in [6.07, 6.45) is 1.33. The Kier molecular flexibility index (Phi) is 1.07. The molecule has 42 valence electrons. The van der Waals surface area contributed by atoms with Gasteiger partial charge in [0.05, 0.1) is 6.08 Å². The molecular formula is C4H5N3O. The van der Waals surface area contributed by atoms with Crippen LogP contribution in [0.1, 0.15) is 0 Å². The number of amides is 1. The molecule has 0 unspecified atom stereocenters. The second-order valence-corrected chi connectivity index (χ2v) is 1.32. The van der Waals surface area contributed by atoms with E-state index in [0.717, 1.165) is 0 Å². The predicted octanol–water partition coefficient (Wildman–Crippen LogP) is 0.0396. The van der Waals surface area contributed by atoms with Crippen LogP contribution in [-0.2, 0) is 4.79 Å². The van der Waals surface area contributed by atoms with Crippen LogP contribution in [0, 0.1) is 0 Å². The zero-order valence-corrected chi connectivity index (χ0v) is 4.38. The van der Waals surface area contributed by atoms with Gasteiger partial charge in [-0.1, -0.05) is 0 Å². The molecule has 0 aromatic heterocycles. The molecule has 0 aromatic rings. The minimum absolute atomic E-state index is 0.297. The second kappa shape index (κ2) is 1.73. The van der Waals surface area contributed by atoms with Gasteiger partial charge in [0.2, 0.25) is 0 Å². The summed E-state index contributed by atoms with van der Waals surface area (Å²) >= 11 is 0. The summed E-state index contributed by atoms with van der Waals surface area (Å²) in [5.41, 5.74) is 0. The molecule has 1 amide bonds. The number of carbonyl (C=O) groups is 1. The highest BCUT2D eigenvalue weighted by Crippen LogP contribution is 2.00. The molecule has 1 N–H and O–H groups in total. The topological polar surface area (TPSA) is 53.8 Å². The fraction of sp³-hybridized carbons (Fsp3) is 0.250. The van der Waals surface area contributed by atoms with Crippen LogP contribution < -0.4 is 5.32 Å². The molecule has 0 fully saturated rings. The first-order valence-corrected chi connectivity index (χ1v) is 2.18. The molecule has 8 heavy (non-hydrogen) atoms. The average molecular weight is 111 g/mol. The summed E-state index contributed by atoms with van der Waals surface area (Å²) in [5, 5.41) is 9.35. The molecule has 0 saturated heterocycles. The summed E-state index contributed by atoms with van der Waals surface area (Å²) in [4.78, 5) is 10.2. The Morgan fingerprint density at radius 3 is 2.62 bits per heavy atom. The highest BCUT2D eigenvalue weighted by molar-refractivity contribution is 5.90. The van der Waals surface area contributed by atoms with Crippen molar-refractivity contribution in [2.75, 3.05) is 7.05 Å². The number of nitrogens with zero attached hydrogens (tertiary/aromatic N) is 2. The Bertz CT molecular complexity index is 170. The zero-order chi connectivity index (χ0) is 5.98. The first-order chi connectivity index (χ1) is 3.83. The van der Waals surface area contributed by atoms with Crippen LogP contribution in [-0.4, -0.2) is 13.0 Å². The average Bonchev–Trinajstić information content (AvgIpc) is 2.14. The number of hydrogen-bond acceptors (Lipinski definition) is 3. The lowest BCUT2D eigenvalue weighted by molar-refractivity contribution is -0.113. The van der Waals surface area contributed by atoms with Crippen LogP contribution in [0.4, 0.5) is 0 Å². The van der Waals surface area contributed by atoms with Gasteiger partial charge in [-0.15, -0.1) is 10.2 Å². The lowest BCUT2D eigenvalue weighted by atomic mass is 10.5. The van der Waals surface area contributed by atoms with Gasteiger partial charge >= 0.3 is 0 Å². The van der Waals surface area contributed by atoms with Gasteiger partial charge in [0, 0.05) is 7.05 Å². The Hall–Kier alpha value is -1.19. The van der Waals surface area contributed by atoms with Crippen molar-refractivity contribution in [3.05, 3.63) is 11.9 Å². The van der Waals surface area contributed by atoms with E-state index in [1.807, 2.05) is 0 Å². The van der Waals surface area contributed by atoms with Crippen molar-refractivity contribution < 1.29 is 4.79 Å². The molecule has 1 rings (SSSR count). The lowest BCUT2D eigenvalue weighted by Gasteiger charge is -1.86. The Morgan fingerprint density at radius 2 is 2.38 bits per heavy atom. The number of azo groups is 1. The van der Waals surface area contributed by atoms with Crippen molar-refractivity contribution in [2.45, 2.75) is 0 Å². The molecule has 1 aliphatic rings. The third kappa shape index (κ3) is 0.726. The Balaban J connectivity index is 2.72. The molecule has 0 aliphatic carbocycles. The van der Waals surface area contributed by atoms with Gasteiger partial charge in [0.15, 0.2) is 5.82 Å². The van der Waals surface area contributed by atoms with Crippen molar-refractivity contribution in [1.29, 1.82) is 0 Å². The molecule has 1 aliphatic heterocycles. The summed E-state index contributed by atoms with van der Waals surface area (Å²) in [6, 6.07) is 0. The summed E-state index contributed by atoms with van der Waals surface area (Å²) in [7, 11) is 1.68. The van der Waals surface area contributed by atoms with Crippen LogP contribution >= 0.6 is 0 Å². The van der Waals surface area contributed by atoms with Crippen molar-refractivity contribution in [2.24, 2.45) is 10.2 Å². The monoisotopic (exact) mass is 111 g/mol. The predicted molar refractivity (Wildman–Crippen MR) is 27.0 cm³/mol. The van der Waals surface area contributed by atoms with Crippen LogP contribution in [0.25, 0.3) is 0 Å². The van der Waals surface area contributed by atoms with Gasteiger partial charge < -0.3 is 5.32 Å². The van der Waals surface area contributed by atoms with Crippen molar-refractivity contribution in [3.8, 4) is 0 Å².